The molecule has 27 heavy (non-hydrogen) atoms. The van der Waals surface area contributed by atoms with Crippen molar-refractivity contribution in [2.75, 3.05) is 44.2 Å². The molecule has 0 bridgehead atoms. The second-order valence-electron chi connectivity index (χ2n) is 7.44. The Hall–Kier alpha value is -2.34. The van der Waals surface area contributed by atoms with E-state index in [1.54, 1.807) is 10.9 Å². The summed E-state index contributed by atoms with van der Waals surface area (Å²) in [6.07, 6.45) is 5.79. The van der Waals surface area contributed by atoms with Crippen molar-refractivity contribution in [1.82, 2.24) is 20.0 Å². The van der Waals surface area contributed by atoms with E-state index < -0.39 is 0 Å². The van der Waals surface area contributed by atoms with Gasteiger partial charge >= 0.3 is 0 Å². The lowest BCUT2D eigenvalue weighted by Gasteiger charge is -2.36. The zero-order valence-corrected chi connectivity index (χ0v) is 16.5. The standard InChI is InChI=1S/C21H31N5O/c1-18-6-5-7-20(14-18)25-12-10-24(11-13-25)9-4-3-8-22-21(27)17-26-16-19(2)15-23-26/h5-7,14-16H,3-4,8-13,17H2,1-2H3,(H,22,27). The molecule has 1 aliphatic heterocycles. The molecule has 1 aromatic carbocycles. The topological polar surface area (TPSA) is 53.4 Å². The first-order valence-electron chi connectivity index (χ1n) is 9.90. The molecule has 0 spiro atoms. The van der Waals surface area contributed by atoms with Crippen molar-refractivity contribution in [3.8, 4) is 0 Å². The number of benzene rings is 1. The largest absolute Gasteiger partial charge is 0.369 e. The molecular formula is C21H31N5O. The van der Waals surface area contributed by atoms with Crippen LogP contribution in [0.2, 0.25) is 0 Å². The van der Waals surface area contributed by atoms with Crippen molar-refractivity contribution in [2.45, 2.75) is 33.2 Å². The maximum absolute atomic E-state index is 11.9. The quantitative estimate of drug-likeness (QED) is 0.725. The molecule has 2 aromatic rings. The fourth-order valence-electron chi connectivity index (χ4n) is 3.50. The van der Waals surface area contributed by atoms with E-state index in [2.05, 4.69) is 51.4 Å². The minimum Gasteiger partial charge on any atom is -0.369 e. The van der Waals surface area contributed by atoms with Crippen LogP contribution in [0.3, 0.4) is 0 Å². The van der Waals surface area contributed by atoms with Crippen LogP contribution in [0.5, 0.6) is 0 Å². The highest BCUT2D eigenvalue weighted by atomic mass is 16.2. The van der Waals surface area contributed by atoms with Crippen molar-refractivity contribution >= 4 is 11.6 Å². The van der Waals surface area contributed by atoms with Gasteiger partial charge in [0.25, 0.3) is 0 Å². The Morgan fingerprint density at radius 3 is 2.63 bits per heavy atom. The third-order valence-electron chi connectivity index (χ3n) is 5.03. The third-order valence-corrected chi connectivity index (χ3v) is 5.03. The van der Waals surface area contributed by atoms with E-state index in [0.717, 1.165) is 57.7 Å². The van der Waals surface area contributed by atoms with Crippen LogP contribution in [0, 0.1) is 13.8 Å². The van der Waals surface area contributed by atoms with Gasteiger partial charge in [-0.15, -0.1) is 0 Å². The smallest absolute Gasteiger partial charge is 0.241 e. The summed E-state index contributed by atoms with van der Waals surface area (Å²) in [4.78, 5) is 16.9. The van der Waals surface area contributed by atoms with E-state index in [0.29, 0.717) is 6.54 Å². The van der Waals surface area contributed by atoms with Gasteiger partial charge in [-0.25, -0.2) is 0 Å². The summed E-state index contributed by atoms with van der Waals surface area (Å²) < 4.78 is 1.68. The van der Waals surface area contributed by atoms with E-state index in [1.165, 1.54) is 11.3 Å². The van der Waals surface area contributed by atoms with Gasteiger partial charge in [0.15, 0.2) is 0 Å². The van der Waals surface area contributed by atoms with Gasteiger partial charge in [-0.2, -0.15) is 5.10 Å². The lowest BCUT2D eigenvalue weighted by atomic mass is 10.2. The Kier molecular flexibility index (Phi) is 6.87. The number of hydrogen-bond donors (Lipinski definition) is 1. The van der Waals surface area contributed by atoms with Crippen LogP contribution in [0.1, 0.15) is 24.0 Å². The Morgan fingerprint density at radius 2 is 1.93 bits per heavy atom. The number of nitrogens with zero attached hydrogens (tertiary/aromatic N) is 4. The maximum Gasteiger partial charge on any atom is 0.241 e. The number of hydrogen-bond acceptors (Lipinski definition) is 4. The molecule has 1 N–H and O–H groups in total. The number of nitrogens with one attached hydrogen (secondary N) is 1. The van der Waals surface area contributed by atoms with Crippen molar-refractivity contribution in [1.29, 1.82) is 0 Å². The fourth-order valence-corrected chi connectivity index (χ4v) is 3.50. The molecule has 1 amide bonds. The molecule has 0 saturated carbocycles. The van der Waals surface area contributed by atoms with E-state index in [1.807, 2.05) is 13.1 Å². The van der Waals surface area contributed by atoms with Crippen molar-refractivity contribution in [3.63, 3.8) is 0 Å². The number of aryl methyl sites for hydroxylation is 2. The number of aromatic nitrogens is 2. The van der Waals surface area contributed by atoms with Gasteiger partial charge in [0.2, 0.25) is 5.91 Å². The number of unbranched alkanes of at least 4 members (excludes halogenated alkanes) is 1. The van der Waals surface area contributed by atoms with Crippen molar-refractivity contribution in [3.05, 3.63) is 47.8 Å². The molecule has 3 rings (SSSR count). The molecule has 1 saturated heterocycles. The summed E-state index contributed by atoms with van der Waals surface area (Å²) in [6.45, 7) is 10.7. The van der Waals surface area contributed by atoms with Gasteiger partial charge < -0.3 is 10.2 Å². The molecule has 0 unspecified atom stereocenters. The molecule has 2 heterocycles. The molecule has 1 aromatic heterocycles. The predicted octanol–water partition coefficient (Wildman–Crippen LogP) is 2.22. The first-order chi connectivity index (χ1) is 13.1. The normalized spacial score (nSPS) is 15.1. The average molecular weight is 370 g/mol. The maximum atomic E-state index is 11.9. The second-order valence-corrected chi connectivity index (χ2v) is 7.44. The lowest BCUT2D eigenvalue weighted by Crippen LogP contribution is -2.46. The number of amides is 1. The minimum atomic E-state index is 0.0323. The number of rotatable bonds is 8. The van der Waals surface area contributed by atoms with Crippen LogP contribution in [0.15, 0.2) is 36.7 Å². The number of carbonyl (C=O) groups excluding carboxylic acids is 1. The molecule has 146 valence electrons. The number of piperazine rings is 1. The van der Waals surface area contributed by atoms with Gasteiger partial charge in [0, 0.05) is 44.6 Å². The van der Waals surface area contributed by atoms with E-state index in [4.69, 9.17) is 0 Å². The van der Waals surface area contributed by atoms with Crippen LogP contribution in [-0.2, 0) is 11.3 Å². The lowest BCUT2D eigenvalue weighted by molar-refractivity contribution is -0.121. The van der Waals surface area contributed by atoms with Crippen LogP contribution < -0.4 is 10.2 Å². The zero-order chi connectivity index (χ0) is 19.1. The molecule has 6 nitrogen and oxygen atoms in total. The highest BCUT2D eigenvalue weighted by Gasteiger charge is 2.16. The van der Waals surface area contributed by atoms with Gasteiger partial charge in [-0.1, -0.05) is 12.1 Å². The minimum absolute atomic E-state index is 0.0323. The first-order valence-corrected chi connectivity index (χ1v) is 9.90. The third kappa shape index (κ3) is 6.10. The van der Waals surface area contributed by atoms with Gasteiger partial charge in [0.05, 0.1) is 6.20 Å². The molecule has 0 aliphatic carbocycles. The summed E-state index contributed by atoms with van der Waals surface area (Å²) in [5.41, 5.74) is 3.73. The monoisotopic (exact) mass is 369 g/mol. The summed E-state index contributed by atoms with van der Waals surface area (Å²) >= 11 is 0. The van der Waals surface area contributed by atoms with E-state index >= 15 is 0 Å². The van der Waals surface area contributed by atoms with Crippen LogP contribution in [0.25, 0.3) is 0 Å². The number of carbonyl (C=O) groups is 1. The summed E-state index contributed by atoms with van der Waals surface area (Å²) in [6, 6.07) is 8.76. The second kappa shape index (κ2) is 9.55. The van der Waals surface area contributed by atoms with Gasteiger partial charge in [0.1, 0.15) is 6.54 Å². The molecular weight excluding hydrogens is 338 g/mol. The Labute approximate surface area is 162 Å². The van der Waals surface area contributed by atoms with E-state index in [9.17, 15) is 4.79 Å². The molecule has 0 atom stereocenters. The van der Waals surface area contributed by atoms with Gasteiger partial charge in [-0.05, 0) is 56.5 Å². The van der Waals surface area contributed by atoms with Crippen molar-refractivity contribution in [2.24, 2.45) is 0 Å². The molecule has 0 radical (unpaired) electrons. The molecule has 6 heteroatoms. The fraction of sp³-hybridized carbons (Fsp3) is 0.524. The highest BCUT2D eigenvalue weighted by Crippen LogP contribution is 2.17. The number of anilines is 1. The Bertz CT molecular complexity index is 734. The van der Waals surface area contributed by atoms with Crippen LogP contribution in [0.4, 0.5) is 5.69 Å². The first kappa shape index (κ1) is 19.4. The highest BCUT2D eigenvalue weighted by molar-refractivity contribution is 5.75. The average Bonchev–Trinajstić information content (AvgIpc) is 3.06. The Morgan fingerprint density at radius 1 is 1.11 bits per heavy atom. The van der Waals surface area contributed by atoms with Crippen LogP contribution >= 0.6 is 0 Å². The van der Waals surface area contributed by atoms with Crippen molar-refractivity contribution < 1.29 is 4.79 Å². The molecule has 1 fully saturated rings. The Balaban J connectivity index is 1.27. The van der Waals surface area contributed by atoms with Gasteiger partial charge in [-0.3, -0.25) is 14.4 Å². The summed E-state index contributed by atoms with van der Waals surface area (Å²) in [5.74, 6) is 0.0323. The van der Waals surface area contributed by atoms with E-state index in [-0.39, 0.29) is 5.91 Å². The molecule has 1 aliphatic rings. The van der Waals surface area contributed by atoms with Crippen LogP contribution in [-0.4, -0.2) is 59.9 Å². The summed E-state index contributed by atoms with van der Waals surface area (Å²) in [5, 5.41) is 7.12. The summed E-state index contributed by atoms with van der Waals surface area (Å²) in [7, 11) is 0. The zero-order valence-electron chi connectivity index (χ0n) is 16.5. The predicted molar refractivity (Wildman–Crippen MR) is 109 cm³/mol. The SMILES string of the molecule is Cc1cccc(N2CCN(CCCCNC(=O)Cn3cc(C)cn3)CC2)c1.